The minimum absolute atomic E-state index is 0.0674. The fourth-order valence-electron chi connectivity index (χ4n) is 3.27. The Morgan fingerprint density at radius 1 is 1.28 bits per heavy atom. The van der Waals surface area contributed by atoms with E-state index in [-0.39, 0.29) is 5.91 Å². The van der Waals surface area contributed by atoms with Crippen LogP contribution in [0.4, 0.5) is 0 Å². The second kappa shape index (κ2) is 8.13. The Hall–Kier alpha value is -3.06. The monoisotopic (exact) mass is 412 g/mol. The van der Waals surface area contributed by atoms with Crippen LogP contribution >= 0.6 is 11.6 Å². The molecule has 150 valence electrons. The highest BCUT2D eigenvalue weighted by atomic mass is 35.5. The smallest absolute Gasteiger partial charge is 0.253 e. The lowest BCUT2D eigenvalue weighted by atomic mass is 10.1. The molecule has 2 aromatic heterocycles. The zero-order valence-corrected chi connectivity index (χ0v) is 17.0. The van der Waals surface area contributed by atoms with Crippen molar-refractivity contribution in [2.24, 2.45) is 0 Å². The van der Waals surface area contributed by atoms with Crippen molar-refractivity contribution >= 4 is 17.5 Å². The van der Waals surface area contributed by atoms with Gasteiger partial charge >= 0.3 is 0 Å². The zero-order chi connectivity index (χ0) is 20.4. The van der Waals surface area contributed by atoms with Gasteiger partial charge in [-0.05, 0) is 30.7 Å². The number of hydrogen-bond donors (Lipinski definition) is 2. The SMILES string of the molecule is CCCOc1c(Cl)cc(-c2nccc(-c3cc4c([nH]3)CCNC4=O)n2)cc1OC. The number of ether oxygens (including phenoxy) is 2. The summed E-state index contributed by atoms with van der Waals surface area (Å²) in [4.78, 5) is 24.4. The maximum Gasteiger partial charge on any atom is 0.253 e. The molecule has 3 heterocycles. The number of carbonyl (C=O) groups excluding carboxylic acids is 1. The third-order valence-corrected chi connectivity index (χ3v) is 4.95. The maximum absolute atomic E-state index is 12.0. The molecule has 2 N–H and O–H groups in total. The fourth-order valence-corrected chi connectivity index (χ4v) is 3.54. The number of methoxy groups -OCH3 is 1. The molecule has 0 spiro atoms. The standard InChI is InChI=1S/C21H21ClN4O3/c1-3-8-29-19-14(22)9-12(10-18(19)28-2)20-23-6-5-16(26-20)17-11-13-15(25-17)4-7-24-21(13)27/h5-6,9-11,25H,3-4,7-8H2,1-2H3,(H,24,27). The number of aromatic nitrogens is 3. The van der Waals surface area contributed by atoms with E-state index in [0.717, 1.165) is 24.2 Å². The Kier molecular flexibility index (Phi) is 5.40. The number of aromatic amines is 1. The minimum Gasteiger partial charge on any atom is -0.493 e. The molecule has 3 aromatic rings. The molecule has 0 fully saturated rings. The summed E-state index contributed by atoms with van der Waals surface area (Å²) < 4.78 is 11.2. The molecule has 1 amide bonds. The maximum atomic E-state index is 12.0. The van der Waals surface area contributed by atoms with Crippen LogP contribution in [0.3, 0.4) is 0 Å². The highest BCUT2D eigenvalue weighted by Crippen LogP contribution is 2.39. The summed E-state index contributed by atoms with van der Waals surface area (Å²) >= 11 is 6.43. The molecule has 1 aliphatic rings. The lowest BCUT2D eigenvalue weighted by molar-refractivity contribution is 0.0946. The van der Waals surface area contributed by atoms with Crippen LogP contribution in [0.5, 0.6) is 11.5 Å². The molecule has 8 heteroatoms. The van der Waals surface area contributed by atoms with E-state index in [4.69, 9.17) is 21.1 Å². The molecule has 0 atom stereocenters. The van der Waals surface area contributed by atoms with E-state index in [0.29, 0.717) is 52.3 Å². The van der Waals surface area contributed by atoms with Crippen LogP contribution in [-0.2, 0) is 6.42 Å². The lowest BCUT2D eigenvalue weighted by Gasteiger charge is -2.13. The predicted octanol–water partition coefficient (Wildman–Crippen LogP) is 3.88. The summed E-state index contributed by atoms with van der Waals surface area (Å²) in [5.74, 6) is 1.48. The number of amides is 1. The molecule has 0 saturated heterocycles. The Morgan fingerprint density at radius 2 is 2.14 bits per heavy atom. The van der Waals surface area contributed by atoms with E-state index in [1.807, 2.05) is 19.1 Å². The summed E-state index contributed by atoms with van der Waals surface area (Å²) in [5, 5.41) is 3.29. The quantitative estimate of drug-likeness (QED) is 0.641. The molecular formula is C21H21ClN4O3. The molecular weight excluding hydrogens is 392 g/mol. The summed E-state index contributed by atoms with van der Waals surface area (Å²) in [6.45, 7) is 3.20. The van der Waals surface area contributed by atoms with E-state index in [1.54, 1.807) is 25.4 Å². The molecule has 0 saturated carbocycles. The first kappa shape index (κ1) is 19.3. The van der Waals surface area contributed by atoms with Crippen LogP contribution < -0.4 is 14.8 Å². The Morgan fingerprint density at radius 3 is 2.90 bits per heavy atom. The average Bonchev–Trinajstić information content (AvgIpc) is 3.18. The number of nitrogens with one attached hydrogen (secondary N) is 2. The Bertz CT molecular complexity index is 1060. The van der Waals surface area contributed by atoms with Crippen molar-refractivity contribution in [1.29, 1.82) is 0 Å². The van der Waals surface area contributed by atoms with Crippen molar-refractivity contribution in [1.82, 2.24) is 20.3 Å². The van der Waals surface area contributed by atoms with Crippen LogP contribution in [-0.4, -0.2) is 41.1 Å². The second-order valence-electron chi connectivity index (χ2n) is 6.68. The molecule has 29 heavy (non-hydrogen) atoms. The number of nitrogens with zero attached hydrogens (tertiary/aromatic N) is 2. The van der Waals surface area contributed by atoms with Gasteiger partial charge in [-0.25, -0.2) is 9.97 Å². The molecule has 4 rings (SSSR count). The van der Waals surface area contributed by atoms with Gasteiger partial charge in [0, 0.05) is 30.4 Å². The zero-order valence-electron chi connectivity index (χ0n) is 16.2. The largest absolute Gasteiger partial charge is 0.493 e. The van der Waals surface area contributed by atoms with Crippen LogP contribution in [0.2, 0.25) is 5.02 Å². The van der Waals surface area contributed by atoms with Crippen molar-refractivity contribution in [3.63, 3.8) is 0 Å². The number of hydrogen-bond acceptors (Lipinski definition) is 5. The number of halogens is 1. The van der Waals surface area contributed by atoms with E-state index < -0.39 is 0 Å². The molecule has 0 unspecified atom stereocenters. The van der Waals surface area contributed by atoms with Gasteiger partial charge in [-0.3, -0.25) is 4.79 Å². The number of fused-ring (bicyclic) bond motifs is 1. The normalized spacial score (nSPS) is 13.0. The predicted molar refractivity (Wildman–Crippen MR) is 111 cm³/mol. The highest BCUT2D eigenvalue weighted by molar-refractivity contribution is 6.32. The topological polar surface area (TPSA) is 89.1 Å². The van der Waals surface area contributed by atoms with Gasteiger partial charge in [-0.1, -0.05) is 18.5 Å². The molecule has 0 bridgehead atoms. The number of H-pyrrole nitrogens is 1. The molecule has 1 aliphatic heterocycles. The molecule has 0 radical (unpaired) electrons. The van der Waals surface area contributed by atoms with Crippen LogP contribution in [0.1, 0.15) is 29.4 Å². The van der Waals surface area contributed by atoms with Crippen LogP contribution in [0.25, 0.3) is 22.8 Å². The summed E-state index contributed by atoms with van der Waals surface area (Å²) in [5.41, 5.74) is 3.77. The van der Waals surface area contributed by atoms with Gasteiger partial charge in [0.05, 0.1) is 35.7 Å². The fraction of sp³-hybridized carbons (Fsp3) is 0.286. The van der Waals surface area contributed by atoms with Crippen molar-refractivity contribution in [3.05, 3.63) is 46.7 Å². The Balaban J connectivity index is 1.71. The number of carbonyl (C=O) groups is 1. The summed E-state index contributed by atoms with van der Waals surface area (Å²) in [6, 6.07) is 7.20. The van der Waals surface area contributed by atoms with E-state index in [9.17, 15) is 4.79 Å². The molecule has 0 aliphatic carbocycles. The third-order valence-electron chi connectivity index (χ3n) is 4.67. The molecule has 7 nitrogen and oxygen atoms in total. The highest BCUT2D eigenvalue weighted by Gasteiger charge is 2.21. The van der Waals surface area contributed by atoms with Gasteiger partial charge in [-0.2, -0.15) is 0 Å². The van der Waals surface area contributed by atoms with Crippen molar-refractivity contribution in [2.75, 3.05) is 20.3 Å². The minimum atomic E-state index is -0.0674. The van der Waals surface area contributed by atoms with Gasteiger partial charge in [0.25, 0.3) is 5.91 Å². The van der Waals surface area contributed by atoms with Crippen LogP contribution in [0, 0.1) is 0 Å². The summed E-state index contributed by atoms with van der Waals surface area (Å²) in [7, 11) is 1.57. The number of rotatable bonds is 6. The van der Waals surface area contributed by atoms with Crippen molar-refractivity contribution in [3.8, 4) is 34.3 Å². The van der Waals surface area contributed by atoms with Gasteiger partial charge in [0.1, 0.15) is 0 Å². The van der Waals surface area contributed by atoms with Gasteiger partial charge in [0.15, 0.2) is 17.3 Å². The van der Waals surface area contributed by atoms with Gasteiger partial charge in [-0.15, -0.1) is 0 Å². The van der Waals surface area contributed by atoms with E-state index in [2.05, 4.69) is 20.3 Å². The van der Waals surface area contributed by atoms with Crippen molar-refractivity contribution in [2.45, 2.75) is 19.8 Å². The van der Waals surface area contributed by atoms with E-state index in [1.165, 1.54) is 0 Å². The lowest BCUT2D eigenvalue weighted by Crippen LogP contribution is -2.31. The van der Waals surface area contributed by atoms with Crippen LogP contribution in [0.15, 0.2) is 30.5 Å². The first-order valence-corrected chi connectivity index (χ1v) is 9.82. The van der Waals surface area contributed by atoms with Crippen molar-refractivity contribution < 1.29 is 14.3 Å². The summed E-state index contributed by atoms with van der Waals surface area (Å²) in [6.07, 6.45) is 3.31. The third kappa shape index (κ3) is 3.78. The second-order valence-corrected chi connectivity index (χ2v) is 7.09. The first-order valence-electron chi connectivity index (χ1n) is 9.45. The van der Waals surface area contributed by atoms with E-state index >= 15 is 0 Å². The molecule has 1 aromatic carbocycles. The van der Waals surface area contributed by atoms with Gasteiger partial charge in [0.2, 0.25) is 0 Å². The first-order chi connectivity index (χ1) is 14.1. The average molecular weight is 413 g/mol. The van der Waals surface area contributed by atoms with Gasteiger partial charge < -0.3 is 19.8 Å². The Labute approximate surface area is 173 Å². The number of benzene rings is 1.